The minimum atomic E-state index is -4.71. The van der Waals surface area contributed by atoms with E-state index in [0.717, 1.165) is 0 Å². The van der Waals surface area contributed by atoms with Crippen LogP contribution in [-0.4, -0.2) is 15.8 Å². The molecule has 0 saturated carbocycles. The van der Waals surface area contributed by atoms with Gasteiger partial charge in [-0.25, -0.2) is 4.79 Å². The van der Waals surface area contributed by atoms with E-state index in [-0.39, 0.29) is 4.68 Å². The van der Waals surface area contributed by atoms with Gasteiger partial charge in [0.15, 0.2) is 0 Å². The van der Waals surface area contributed by atoms with Crippen molar-refractivity contribution in [3.05, 3.63) is 52.4 Å². The van der Waals surface area contributed by atoms with Crippen molar-refractivity contribution in [3.8, 4) is 0 Å². The molecule has 5 nitrogen and oxygen atoms in total. The summed E-state index contributed by atoms with van der Waals surface area (Å²) in [4.78, 5) is 22.9. The number of anilines is 1. The highest BCUT2D eigenvalue weighted by atomic mass is 19.4. The van der Waals surface area contributed by atoms with Gasteiger partial charge in [0.05, 0.1) is 0 Å². The number of hydrogen-bond donors (Lipinski definition) is 2. The van der Waals surface area contributed by atoms with Gasteiger partial charge in [-0.15, -0.1) is 0 Å². The van der Waals surface area contributed by atoms with Crippen LogP contribution in [0, 0.1) is 0 Å². The quantitative estimate of drug-likeness (QED) is 0.835. The monoisotopic (exact) mass is 271 g/mol. The zero-order valence-electron chi connectivity index (χ0n) is 9.36. The van der Waals surface area contributed by atoms with Gasteiger partial charge in [0.1, 0.15) is 5.69 Å². The lowest BCUT2D eigenvalue weighted by Gasteiger charge is -2.05. The Labute approximate surface area is 104 Å². The van der Waals surface area contributed by atoms with Gasteiger partial charge in [0, 0.05) is 11.8 Å². The van der Waals surface area contributed by atoms with Crippen molar-refractivity contribution in [1.29, 1.82) is 0 Å². The standard InChI is InChI=1S/C11H8F3N3O2/c12-11(13,14)8-6-9(18)17(16-8)10(19)15-7-4-2-1-3-5-7/h1-6,16H,(H,15,19). The Bertz CT molecular complexity index is 643. The maximum absolute atomic E-state index is 12.4. The van der Waals surface area contributed by atoms with Crippen LogP contribution in [-0.2, 0) is 6.18 Å². The lowest BCUT2D eigenvalue weighted by Crippen LogP contribution is -2.29. The van der Waals surface area contributed by atoms with Gasteiger partial charge < -0.3 is 5.32 Å². The second-order valence-corrected chi connectivity index (χ2v) is 3.64. The minimum absolute atomic E-state index is 0.260. The van der Waals surface area contributed by atoms with Gasteiger partial charge in [-0.1, -0.05) is 18.2 Å². The van der Waals surface area contributed by atoms with Crippen LogP contribution in [0.25, 0.3) is 0 Å². The van der Waals surface area contributed by atoms with Crippen molar-refractivity contribution >= 4 is 11.7 Å². The van der Waals surface area contributed by atoms with E-state index in [9.17, 15) is 22.8 Å². The first-order valence-corrected chi connectivity index (χ1v) is 5.13. The average Bonchev–Trinajstić information content (AvgIpc) is 2.72. The Morgan fingerprint density at radius 1 is 1.21 bits per heavy atom. The van der Waals surface area contributed by atoms with E-state index in [4.69, 9.17) is 0 Å². The van der Waals surface area contributed by atoms with Crippen LogP contribution < -0.4 is 10.9 Å². The summed E-state index contributed by atoms with van der Waals surface area (Å²) in [7, 11) is 0. The predicted octanol–water partition coefficient (Wildman–Crippen LogP) is 2.28. The second-order valence-electron chi connectivity index (χ2n) is 3.64. The van der Waals surface area contributed by atoms with Crippen LogP contribution in [0.3, 0.4) is 0 Å². The number of carbonyl (C=O) groups is 1. The lowest BCUT2D eigenvalue weighted by atomic mass is 10.3. The molecule has 8 heteroatoms. The number of nitrogens with zero attached hydrogens (tertiary/aromatic N) is 1. The van der Waals surface area contributed by atoms with E-state index in [1.165, 1.54) is 12.1 Å². The first-order chi connectivity index (χ1) is 8.88. The average molecular weight is 271 g/mol. The van der Waals surface area contributed by atoms with Crippen molar-refractivity contribution < 1.29 is 18.0 Å². The summed E-state index contributed by atoms with van der Waals surface area (Å²) in [5, 5.41) is 4.00. The summed E-state index contributed by atoms with van der Waals surface area (Å²) in [6.45, 7) is 0. The molecular formula is C11H8F3N3O2. The highest BCUT2D eigenvalue weighted by molar-refractivity contribution is 5.90. The van der Waals surface area contributed by atoms with Crippen molar-refractivity contribution in [1.82, 2.24) is 9.78 Å². The molecule has 0 bridgehead atoms. The maximum Gasteiger partial charge on any atom is 0.432 e. The maximum atomic E-state index is 12.4. The molecule has 0 spiro atoms. The molecule has 1 aromatic carbocycles. The number of aromatic amines is 1. The third-order valence-corrected chi connectivity index (χ3v) is 2.25. The van der Waals surface area contributed by atoms with Crippen LogP contribution in [0.15, 0.2) is 41.2 Å². The Kier molecular flexibility index (Phi) is 3.16. The fraction of sp³-hybridized carbons (Fsp3) is 0.0909. The van der Waals surface area contributed by atoms with Crippen molar-refractivity contribution in [2.45, 2.75) is 6.18 Å². The Hall–Kier alpha value is -2.51. The topological polar surface area (TPSA) is 66.9 Å². The summed E-state index contributed by atoms with van der Waals surface area (Å²) in [6.07, 6.45) is -4.71. The van der Waals surface area contributed by atoms with Crippen LogP contribution in [0.2, 0.25) is 0 Å². The first-order valence-electron chi connectivity index (χ1n) is 5.13. The van der Waals surface area contributed by atoms with Gasteiger partial charge in [-0.2, -0.15) is 17.9 Å². The molecular weight excluding hydrogens is 263 g/mol. The van der Waals surface area contributed by atoms with Gasteiger partial charge in [-0.05, 0) is 12.1 Å². The molecule has 0 fully saturated rings. The Morgan fingerprint density at radius 2 is 1.84 bits per heavy atom. The number of carbonyl (C=O) groups excluding carboxylic acids is 1. The van der Waals surface area contributed by atoms with Crippen molar-refractivity contribution in [3.63, 3.8) is 0 Å². The molecule has 0 aliphatic heterocycles. The molecule has 0 saturated heterocycles. The number of rotatable bonds is 1. The first kappa shape index (κ1) is 12.9. The minimum Gasteiger partial charge on any atom is -0.306 e. The van der Waals surface area contributed by atoms with Gasteiger partial charge in [-0.3, -0.25) is 9.89 Å². The Morgan fingerprint density at radius 3 is 2.37 bits per heavy atom. The molecule has 2 N–H and O–H groups in total. The second kappa shape index (κ2) is 4.63. The molecule has 2 aromatic rings. The fourth-order valence-corrected chi connectivity index (χ4v) is 1.39. The molecule has 1 heterocycles. The molecule has 1 amide bonds. The Balaban J connectivity index is 2.25. The van der Waals surface area contributed by atoms with Crippen LogP contribution in [0.5, 0.6) is 0 Å². The SMILES string of the molecule is O=C(Nc1ccccc1)n1[nH]c(C(F)(F)F)cc1=O. The third kappa shape index (κ3) is 2.84. The molecule has 0 aliphatic carbocycles. The largest absolute Gasteiger partial charge is 0.432 e. The van der Waals surface area contributed by atoms with E-state index in [1.54, 1.807) is 23.3 Å². The van der Waals surface area contributed by atoms with Gasteiger partial charge in [0.2, 0.25) is 0 Å². The number of nitrogens with one attached hydrogen (secondary N) is 2. The molecule has 0 aliphatic rings. The fourth-order valence-electron chi connectivity index (χ4n) is 1.39. The molecule has 100 valence electrons. The van der Waals surface area contributed by atoms with Crippen molar-refractivity contribution in [2.75, 3.05) is 5.32 Å². The van der Waals surface area contributed by atoms with E-state index >= 15 is 0 Å². The molecule has 19 heavy (non-hydrogen) atoms. The number of benzene rings is 1. The molecule has 1 aromatic heterocycles. The summed E-state index contributed by atoms with van der Waals surface area (Å²) in [6, 6.07) is 7.38. The highest BCUT2D eigenvalue weighted by Gasteiger charge is 2.34. The van der Waals surface area contributed by atoms with E-state index < -0.39 is 23.5 Å². The lowest BCUT2D eigenvalue weighted by molar-refractivity contribution is -0.141. The zero-order valence-corrected chi connectivity index (χ0v) is 9.36. The van der Waals surface area contributed by atoms with Gasteiger partial charge >= 0.3 is 12.2 Å². The summed E-state index contributed by atoms with van der Waals surface area (Å²) < 4.78 is 37.3. The number of alkyl halides is 3. The molecule has 0 radical (unpaired) electrons. The number of H-pyrrole nitrogens is 1. The predicted molar refractivity (Wildman–Crippen MR) is 60.9 cm³/mol. The zero-order chi connectivity index (χ0) is 14.0. The molecule has 2 rings (SSSR count). The van der Waals surface area contributed by atoms with E-state index in [1.807, 2.05) is 0 Å². The van der Waals surface area contributed by atoms with Gasteiger partial charge in [0.25, 0.3) is 5.56 Å². The smallest absolute Gasteiger partial charge is 0.306 e. The third-order valence-electron chi connectivity index (χ3n) is 2.25. The normalized spacial score (nSPS) is 11.3. The number of halogens is 3. The molecule has 0 unspecified atom stereocenters. The molecule has 0 atom stereocenters. The summed E-state index contributed by atoms with van der Waals surface area (Å²) in [5.41, 5.74) is -2.00. The van der Waals surface area contributed by atoms with Crippen molar-refractivity contribution in [2.24, 2.45) is 0 Å². The number of aromatic nitrogens is 2. The van der Waals surface area contributed by atoms with Crippen LogP contribution >= 0.6 is 0 Å². The number of hydrogen-bond acceptors (Lipinski definition) is 2. The summed E-state index contributed by atoms with van der Waals surface area (Å²) in [5.74, 6) is 0. The van der Waals surface area contributed by atoms with Crippen LogP contribution in [0.4, 0.5) is 23.7 Å². The van der Waals surface area contributed by atoms with Crippen LogP contribution in [0.1, 0.15) is 5.69 Å². The van der Waals surface area contributed by atoms with E-state index in [2.05, 4.69) is 5.32 Å². The number of amides is 1. The van der Waals surface area contributed by atoms with E-state index in [0.29, 0.717) is 11.8 Å². The number of para-hydroxylation sites is 1. The highest BCUT2D eigenvalue weighted by Crippen LogP contribution is 2.26. The summed E-state index contributed by atoms with van der Waals surface area (Å²) >= 11 is 0.